The lowest BCUT2D eigenvalue weighted by Crippen LogP contribution is -2.35. The molecule has 0 unspecified atom stereocenters. The van der Waals surface area contributed by atoms with E-state index in [0.29, 0.717) is 29.0 Å². The maximum absolute atomic E-state index is 12.8. The third kappa shape index (κ3) is 3.98. The van der Waals surface area contributed by atoms with Crippen molar-refractivity contribution in [2.75, 3.05) is 29.1 Å². The van der Waals surface area contributed by atoms with Gasteiger partial charge in [0.05, 0.1) is 23.7 Å². The van der Waals surface area contributed by atoms with Crippen LogP contribution in [0.15, 0.2) is 57.1 Å². The van der Waals surface area contributed by atoms with Crippen molar-refractivity contribution >= 4 is 55.0 Å². The molecule has 8 nitrogen and oxygen atoms in total. The number of carbonyl (C=O) groups is 1. The predicted molar refractivity (Wildman–Crippen MR) is 128 cm³/mol. The van der Waals surface area contributed by atoms with Crippen molar-refractivity contribution in [3.8, 4) is 17.0 Å². The van der Waals surface area contributed by atoms with E-state index in [-0.39, 0.29) is 11.7 Å². The molecule has 0 bridgehead atoms. The van der Waals surface area contributed by atoms with E-state index in [0.717, 1.165) is 27.6 Å². The van der Waals surface area contributed by atoms with Crippen molar-refractivity contribution in [3.63, 3.8) is 0 Å². The lowest BCUT2D eigenvalue weighted by molar-refractivity contribution is 0.102. The summed E-state index contributed by atoms with van der Waals surface area (Å²) >= 11 is 2.60. The zero-order chi connectivity index (χ0) is 22.3. The summed E-state index contributed by atoms with van der Waals surface area (Å²) in [7, 11) is -3.42. The quantitative estimate of drug-likeness (QED) is 0.580. The molecule has 164 valence electrons. The molecule has 3 aromatic rings. The summed E-state index contributed by atoms with van der Waals surface area (Å²) in [6.45, 7) is 2.84. The normalized spacial score (nSPS) is 16.2. The lowest BCUT2D eigenvalue weighted by atomic mass is 10.1. The molecule has 0 aliphatic carbocycles. The molecule has 11 heteroatoms. The van der Waals surface area contributed by atoms with Crippen LogP contribution in [0.1, 0.15) is 17.3 Å². The molecule has 2 aliphatic rings. The molecule has 1 N–H and O–H groups in total. The van der Waals surface area contributed by atoms with Crippen LogP contribution in [0.2, 0.25) is 0 Å². The second-order valence-electron chi connectivity index (χ2n) is 7.02. The number of nitrogens with one attached hydrogen (secondary N) is 1. The average molecular weight is 487 g/mol. The predicted octanol–water partition coefficient (Wildman–Crippen LogP) is 4.07. The number of rotatable bonds is 5. The highest BCUT2D eigenvalue weighted by Gasteiger charge is 2.33. The molecular formula is C21H18N4O4S3. The molecule has 1 amide bonds. The number of amidine groups is 1. The number of carbonyl (C=O) groups excluding carboxylic acids is 1. The van der Waals surface area contributed by atoms with E-state index in [9.17, 15) is 13.2 Å². The highest BCUT2D eigenvalue weighted by Crippen LogP contribution is 2.42. The zero-order valence-corrected chi connectivity index (χ0v) is 19.4. The van der Waals surface area contributed by atoms with E-state index in [1.807, 2.05) is 47.5 Å². The van der Waals surface area contributed by atoms with Crippen molar-refractivity contribution in [2.45, 2.75) is 11.8 Å². The number of amides is 1. The summed E-state index contributed by atoms with van der Waals surface area (Å²) < 4.78 is 33.1. The van der Waals surface area contributed by atoms with Gasteiger partial charge in [-0.05, 0) is 49.0 Å². The van der Waals surface area contributed by atoms with Crippen LogP contribution < -0.4 is 15.0 Å². The number of aromatic nitrogens is 1. The van der Waals surface area contributed by atoms with Crippen molar-refractivity contribution in [3.05, 3.63) is 53.4 Å². The first-order valence-corrected chi connectivity index (χ1v) is 13.2. The minimum Gasteiger partial charge on any atom is -0.493 e. The van der Waals surface area contributed by atoms with Crippen LogP contribution in [0.4, 0.5) is 10.8 Å². The Morgan fingerprint density at radius 1 is 1.25 bits per heavy atom. The number of para-hydroxylation sites is 1. The summed E-state index contributed by atoms with van der Waals surface area (Å²) in [5.74, 6) is 0.444. The van der Waals surface area contributed by atoms with Gasteiger partial charge in [0, 0.05) is 27.9 Å². The Kier molecular flexibility index (Phi) is 5.39. The topological polar surface area (TPSA) is 101 Å². The second-order valence-corrected chi connectivity index (χ2v) is 10.6. The molecular weight excluding hydrogens is 468 g/mol. The molecule has 0 saturated heterocycles. The number of thioether (sulfide) groups is 1. The van der Waals surface area contributed by atoms with Crippen molar-refractivity contribution in [2.24, 2.45) is 4.40 Å². The minimum absolute atomic E-state index is 0.0163. The first kappa shape index (κ1) is 21.0. The van der Waals surface area contributed by atoms with Gasteiger partial charge in [0.15, 0.2) is 10.3 Å². The molecule has 0 saturated carbocycles. The summed E-state index contributed by atoms with van der Waals surface area (Å²) in [6.07, 6.45) is 0. The maximum atomic E-state index is 12.8. The van der Waals surface area contributed by atoms with Crippen LogP contribution >= 0.6 is 23.1 Å². The van der Waals surface area contributed by atoms with Gasteiger partial charge in [-0.15, -0.1) is 15.7 Å². The summed E-state index contributed by atoms with van der Waals surface area (Å²) in [5, 5.41) is 5.64. The molecule has 0 radical (unpaired) electrons. The Balaban J connectivity index is 1.35. The number of benzene rings is 2. The molecule has 0 atom stereocenters. The Hall–Kier alpha value is -2.89. The Morgan fingerprint density at radius 2 is 2.09 bits per heavy atom. The van der Waals surface area contributed by atoms with Crippen molar-refractivity contribution in [1.82, 2.24) is 4.98 Å². The van der Waals surface area contributed by atoms with Gasteiger partial charge in [-0.3, -0.25) is 10.1 Å². The standard InChI is InChI=1S/C21H18N4O4S3/c1-2-29-17-6-4-3-5-14(17)15-12-30-20(22-15)23-19(26)13-7-8-16-18(11-13)31-21-24-32(27,28)10-9-25(16)21/h3-8,11-12H,2,9-10H2,1H3,(H,22,23,26). The minimum atomic E-state index is -3.42. The van der Waals surface area contributed by atoms with Gasteiger partial charge < -0.3 is 9.64 Å². The molecule has 1 aromatic heterocycles. The average Bonchev–Trinajstić information content (AvgIpc) is 3.36. The zero-order valence-electron chi connectivity index (χ0n) is 16.9. The lowest BCUT2D eigenvalue weighted by Gasteiger charge is -2.22. The third-order valence-corrected chi connectivity index (χ3v) is 7.99. The summed E-state index contributed by atoms with van der Waals surface area (Å²) in [6, 6.07) is 12.9. The number of thiazole rings is 1. The number of sulfonamides is 1. The van der Waals surface area contributed by atoms with E-state index < -0.39 is 10.0 Å². The van der Waals surface area contributed by atoms with Crippen LogP contribution in [-0.4, -0.2) is 43.4 Å². The Morgan fingerprint density at radius 3 is 2.94 bits per heavy atom. The Labute approximate surface area is 193 Å². The molecule has 5 rings (SSSR count). The highest BCUT2D eigenvalue weighted by molar-refractivity contribution is 8.15. The van der Waals surface area contributed by atoms with E-state index in [1.165, 1.54) is 23.1 Å². The number of ether oxygens (including phenoxy) is 1. The van der Waals surface area contributed by atoms with Crippen LogP contribution in [0.5, 0.6) is 5.75 Å². The van der Waals surface area contributed by atoms with Gasteiger partial charge >= 0.3 is 0 Å². The van der Waals surface area contributed by atoms with Gasteiger partial charge in [-0.1, -0.05) is 12.1 Å². The Bertz CT molecular complexity index is 1350. The summed E-state index contributed by atoms with van der Waals surface area (Å²) in [4.78, 5) is 20.0. The molecule has 0 spiro atoms. The van der Waals surface area contributed by atoms with Gasteiger partial charge in [0.2, 0.25) is 0 Å². The monoisotopic (exact) mass is 486 g/mol. The van der Waals surface area contributed by atoms with Gasteiger partial charge in [0.1, 0.15) is 5.75 Å². The second kappa shape index (κ2) is 8.23. The van der Waals surface area contributed by atoms with Crippen LogP contribution in [0.25, 0.3) is 11.3 Å². The molecule has 0 fully saturated rings. The maximum Gasteiger partial charge on any atom is 0.257 e. The number of hydrogen-bond acceptors (Lipinski definition) is 8. The van der Waals surface area contributed by atoms with Gasteiger partial charge in [-0.2, -0.15) is 0 Å². The smallest absolute Gasteiger partial charge is 0.257 e. The van der Waals surface area contributed by atoms with Crippen LogP contribution in [0, 0.1) is 0 Å². The van der Waals surface area contributed by atoms with E-state index in [2.05, 4.69) is 14.7 Å². The van der Waals surface area contributed by atoms with E-state index in [4.69, 9.17) is 4.74 Å². The number of nitrogens with zero attached hydrogens (tertiary/aromatic N) is 3. The van der Waals surface area contributed by atoms with Crippen LogP contribution in [-0.2, 0) is 10.0 Å². The summed E-state index contributed by atoms with van der Waals surface area (Å²) in [5.41, 5.74) is 2.93. The molecule has 2 aromatic carbocycles. The largest absolute Gasteiger partial charge is 0.493 e. The number of anilines is 2. The number of hydrogen-bond donors (Lipinski definition) is 1. The fourth-order valence-electron chi connectivity index (χ4n) is 3.46. The SMILES string of the molecule is CCOc1ccccc1-c1csc(NC(=O)c2ccc3c(c2)SC2=NS(=O)(=O)CCN23)n1. The fraction of sp³-hybridized carbons (Fsp3) is 0.190. The molecule has 3 heterocycles. The van der Waals surface area contributed by atoms with E-state index in [1.54, 1.807) is 12.1 Å². The molecule has 2 aliphatic heterocycles. The van der Waals surface area contributed by atoms with E-state index >= 15 is 0 Å². The fourth-order valence-corrected chi connectivity index (χ4v) is 6.46. The van der Waals surface area contributed by atoms with Crippen LogP contribution in [0.3, 0.4) is 0 Å². The van der Waals surface area contributed by atoms with Crippen molar-refractivity contribution < 1.29 is 17.9 Å². The highest BCUT2D eigenvalue weighted by atomic mass is 32.2. The first-order valence-electron chi connectivity index (χ1n) is 9.85. The van der Waals surface area contributed by atoms with Gasteiger partial charge in [-0.25, -0.2) is 13.4 Å². The number of fused-ring (bicyclic) bond motifs is 3. The van der Waals surface area contributed by atoms with Crippen molar-refractivity contribution in [1.29, 1.82) is 0 Å². The molecule has 32 heavy (non-hydrogen) atoms. The first-order chi connectivity index (χ1) is 15.4. The third-order valence-electron chi connectivity index (χ3n) is 4.92. The van der Waals surface area contributed by atoms with Gasteiger partial charge in [0.25, 0.3) is 15.9 Å².